The fraction of sp³-hybridized carbons (Fsp3) is 0.319. The minimum absolute atomic E-state index is 0. The first-order valence-electron chi connectivity index (χ1n) is 54.5. The van der Waals surface area contributed by atoms with Crippen LogP contribution in [-0.2, 0) is 33.7 Å². The SMILES string of the molecule is C=[C](OCC)[Sn]([CH2]CCC)([CH2]CCC)[CH2]CCC.CC(=O)c1cc(F)cc([N+](=O)[O-])c1.CC(F)(F)c1cc(F)cc(CC(=O)Oc2ccccc2)c1.CC(F)(F)c1cc(F)cc([N+](=O)[O-])c1.CC(F)(F)c1cc(N)cc(F)c1.O.O=C(Cl)Oc1ccccc1.O=[N+]([O-])c1cc(F)cc(I)c1.[2H][2H].[2H][2H].[2H][2H].[2H][2H].[2H][2H].[2H][2H].[2H][2H].[2H][2H].[2H][2H].[2H][2H].[2H][2H].[2H][2H].[2H][2H].[2H][2H].[2H][2H].[2H][2H].[2H][2H].[2H][2H].[2H][2H].[2H][2H].[2H][2H].[2H][2H].[2H][2H].[2H][2H].[Cl][Sn][Cl]. The van der Waals surface area contributed by atoms with Crippen molar-refractivity contribution in [2.45, 2.75) is 131 Å². The number of hydrogen-bond acceptors (Lipinski definition) is 13. The number of benzene rings is 7. The standard InChI is InChI=1S/C16H13F3O2.C8H6F3NO2.C8H8F3N.C8H6FNO3.C7H5ClO2.C6H3FINO2.C4H7O.3C4H9.2ClH.H2O.2Sn.24H2/c1-16(18,19)12-7-11(8-13(17)10-12)9-15(20)21-14-5-3-2-4-6-14;1-8(10,11)5-2-6(9)4-7(3-5)12(13)14;1-8(10,11)5-2-6(9)4-7(12)3-5;1-5(11)6-2-7(9)4-8(3-6)10(12)13;8-7(9)10-6-4-2-1-3-5-6;7-4-1-5(8)3-6(2-4)9(10)11;1-3-5-4-2;3*1-3-4-2;;;;;;;;;;;;;;;;;;;;;;;;;;;;;/h2-8,10H,9H2,1H3;2-4H,1H3;2-4H,12H2,1H3;2-4H,1H3;1-5H;1-3H;1,4H2,2H3;3*1,3-4H2,2H3;2*1H;1H2;;;24*1H/q;;;;;;;;;;;;;;+2;;;;;;;;;;;;;;;;;;;;;;;;/p-2/i;;;;;;;;;;;;;;;24*1+1D. The summed E-state index contributed by atoms with van der Waals surface area (Å²) in [5, 5.41) is 30.6. The fourth-order valence-corrected chi connectivity index (χ4v) is 23.7. The number of nitrogen functional groups attached to an aromatic ring is 1. The van der Waals surface area contributed by atoms with Crippen LogP contribution in [0.5, 0.6) is 11.5 Å². The van der Waals surface area contributed by atoms with E-state index in [1.165, 1.54) is 74.7 Å². The number of Topliss-reactive ketones (excluding diaryl/α,β-unsaturated/α-hetero) is 1. The molecule has 0 atom stereocenters. The Hall–Kier alpha value is -6.92. The summed E-state index contributed by atoms with van der Waals surface area (Å²) in [6.45, 7) is 17.3. The minimum atomic E-state index is -3.28. The van der Waals surface area contributed by atoms with E-state index in [-0.39, 0.29) is 34.4 Å². The zero-order valence-electron chi connectivity index (χ0n) is 105. The van der Waals surface area contributed by atoms with E-state index in [2.05, 4.69) is 39.0 Å². The molecule has 17 nitrogen and oxygen atoms in total. The Kier molecular flexibility index (Phi) is 30.5. The van der Waals surface area contributed by atoms with Gasteiger partial charge in [-0.2, -0.15) is 0 Å². The summed E-state index contributed by atoms with van der Waals surface area (Å²) in [4.78, 5) is 61.0. The Balaban J connectivity index is -0.0000000471. The summed E-state index contributed by atoms with van der Waals surface area (Å²) in [6, 6.07) is 30.8. The number of nitro groups is 3. The quantitative estimate of drug-likeness (QED) is 0.00534. The number of para-hydroxylation sites is 2. The molecule has 0 heterocycles. The first kappa shape index (κ1) is 62.3. The third-order valence-electron chi connectivity index (χ3n) is 13.3. The Morgan fingerprint density at radius 3 is 1.30 bits per heavy atom. The molecule has 0 bridgehead atoms. The molecule has 103 heavy (non-hydrogen) atoms. The molecule has 0 amide bonds. The summed E-state index contributed by atoms with van der Waals surface area (Å²) >= 11 is 3.70. The number of nitro benzene ring substituents is 3. The van der Waals surface area contributed by atoms with Crippen molar-refractivity contribution in [1.29, 1.82) is 0 Å². The molecule has 0 aliphatic heterocycles. The van der Waals surface area contributed by atoms with Crippen LogP contribution in [0.15, 0.2) is 162 Å². The number of esters is 1. The molecule has 0 aromatic heterocycles. The maximum atomic E-state index is 13.3. The molecule has 612 valence electrons. The summed E-state index contributed by atoms with van der Waals surface area (Å²) < 4.78 is 402. The molecule has 0 fully saturated rings. The Morgan fingerprint density at radius 1 is 0.573 bits per heavy atom. The van der Waals surface area contributed by atoms with Crippen LogP contribution in [0.2, 0.25) is 13.3 Å². The summed E-state index contributed by atoms with van der Waals surface area (Å²) in [7, 11) is 9.87. The number of ether oxygens (including phenoxy) is 3. The number of ketones is 1. The zero-order valence-corrected chi connectivity index (χ0v) is 67.0. The van der Waals surface area contributed by atoms with Gasteiger partial charge in [0.05, 0.1) is 39.4 Å². The number of anilines is 1. The normalized spacial score (nSPS) is 12.4. The number of carbonyl (C=O) groups excluding carboxylic acids is 3. The molecule has 0 aliphatic rings. The number of rotatable bonds is 23. The van der Waals surface area contributed by atoms with Gasteiger partial charge in [0.25, 0.3) is 34.8 Å². The van der Waals surface area contributed by atoms with Crippen LogP contribution in [0.3, 0.4) is 0 Å². The topological polar surface area (TPSA) is 266 Å². The van der Waals surface area contributed by atoms with Crippen molar-refractivity contribution < 1.29 is 168 Å². The van der Waals surface area contributed by atoms with Crippen molar-refractivity contribution in [3.8, 4) is 11.5 Å². The van der Waals surface area contributed by atoms with Gasteiger partial charge in [-0.05, 0) is 114 Å². The van der Waals surface area contributed by atoms with Crippen molar-refractivity contribution in [2.24, 2.45) is 0 Å². The predicted molar refractivity (Wildman–Crippen MR) is 439 cm³/mol. The molecular weight excluding hydrogens is 1770 g/mol. The molecule has 7 aromatic rings. The van der Waals surface area contributed by atoms with Crippen molar-refractivity contribution in [2.75, 3.05) is 12.3 Å². The molecule has 0 saturated heterocycles. The van der Waals surface area contributed by atoms with Crippen LogP contribution in [0.4, 0.5) is 75.8 Å². The Bertz CT molecular complexity index is 3840. The van der Waals surface area contributed by atoms with Crippen LogP contribution in [0.1, 0.15) is 198 Å². The van der Waals surface area contributed by atoms with Crippen molar-refractivity contribution in [3.63, 3.8) is 0 Å². The Morgan fingerprint density at radius 2 is 0.932 bits per heavy atom. The van der Waals surface area contributed by atoms with E-state index < -0.39 is 144 Å². The number of halogens is 15. The van der Waals surface area contributed by atoms with Gasteiger partial charge >= 0.3 is 168 Å². The van der Waals surface area contributed by atoms with E-state index in [0.29, 0.717) is 54.0 Å². The van der Waals surface area contributed by atoms with Crippen LogP contribution in [-0.4, -0.2) is 81.3 Å². The van der Waals surface area contributed by atoms with Gasteiger partial charge in [-0.15, -0.1) is 0 Å². The third kappa shape index (κ3) is 42.6. The van der Waals surface area contributed by atoms with Gasteiger partial charge in [-0.3, -0.25) is 39.9 Å². The van der Waals surface area contributed by atoms with Gasteiger partial charge in [0.1, 0.15) is 40.6 Å². The summed E-state index contributed by atoms with van der Waals surface area (Å²) in [5.74, 6) is -13.7. The van der Waals surface area contributed by atoms with E-state index in [9.17, 15) is 93.0 Å². The number of nitrogens with zero attached hydrogens (tertiary/aromatic N) is 3. The van der Waals surface area contributed by atoms with Crippen LogP contribution < -0.4 is 15.2 Å². The average molecular weight is 1950 g/mol. The average Bonchev–Trinajstić information content (AvgIpc) is 0.839. The first-order valence-corrected chi connectivity index (χ1v) is 46.7. The summed E-state index contributed by atoms with van der Waals surface area (Å²) in [5.41, 5.74) is 1.65. The molecule has 2 radical (unpaired) electrons. The van der Waals surface area contributed by atoms with Gasteiger partial charge in [0.2, 0.25) is 0 Å². The van der Waals surface area contributed by atoms with E-state index in [4.69, 9.17) is 116 Å². The van der Waals surface area contributed by atoms with Crippen LogP contribution >= 0.6 is 52.0 Å². The molecule has 0 unspecified atom stereocenters. The second kappa shape index (κ2) is 50.5. The maximum absolute atomic E-state index is 13.3. The van der Waals surface area contributed by atoms with E-state index in [1.807, 2.05) is 28.7 Å². The van der Waals surface area contributed by atoms with Gasteiger partial charge < -0.3 is 20.7 Å². The second-order valence-electron chi connectivity index (χ2n) is 21.8. The van der Waals surface area contributed by atoms with Gasteiger partial charge in [0, 0.05) is 153 Å². The zero-order chi connectivity index (χ0) is 126. The van der Waals surface area contributed by atoms with E-state index >= 15 is 0 Å². The Labute approximate surface area is 703 Å². The van der Waals surface area contributed by atoms with E-state index in [1.54, 1.807) is 54.6 Å². The molecule has 34 heteroatoms. The molecule has 4 N–H and O–H groups in total. The van der Waals surface area contributed by atoms with Gasteiger partial charge in [-0.25, -0.2) is 53.1 Å². The van der Waals surface area contributed by atoms with Crippen LogP contribution in [0.25, 0.3) is 0 Å². The van der Waals surface area contributed by atoms with Gasteiger partial charge in [0.15, 0.2) is 5.78 Å². The number of unbranched alkanes of at least 4 members (excludes halogenated alkanes) is 3. The second-order valence-corrected chi connectivity index (χ2v) is 40.7. The van der Waals surface area contributed by atoms with Crippen LogP contribution in [0, 0.1) is 63.0 Å². The number of hydrogen-bond donors (Lipinski definition) is 1. The molecule has 7 aromatic carbocycles. The molecule has 0 saturated carbocycles. The fourth-order valence-electron chi connectivity index (χ4n) is 8.40. The number of non-ortho nitro benzene ring substituents is 3. The number of nitrogens with two attached hydrogens (primary N) is 1. The monoisotopic (exact) mass is 1950 g/mol. The first-order chi connectivity index (χ1) is 71.5. The number of carbonyl (C=O) groups is 3. The summed E-state index contributed by atoms with van der Waals surface area (Å²) in [6.07, 6.45) is 7.82. The van der Waals surface area contributed by atoms with Crippen molar-refractivity contribution in [3.05, 3.63) is 253 Å². The van der Waals surface area contributed by atoms with Crippen molar-refractivity contribution in [1.82, 2.24) is 0 Å². The molecular formula is C69H125Cl3F11IN4O13Sn2. The predicted octanol–water partition coefficient (Wildman–Crippen LogP) is 28.2. The number of alkyl halides is 6. The molecule has 7 rings (SSSR count). The third-order valence-corrected chi connectivity index (χ3v) is 29.0. The van der Waals surface area contributed by atoms with Crippen molar-refractivity contribution >= 4 is 129 Å². The molecule has 0 aliphatic carbocycles. The molecule has 0 spiro atoms. The van der Waals surface area contributed by atoms with E-state index in [0.717, 1.165) is 67.3 Å². The van der Waals surface area contributed by atoms with Gasteiger partial charge in [-0.1, -0.05) is 36.4 Å².